The zero-order valence-electron chi connectivity index (χ0n) is 23.4. The number of aromatic carboxylic acids is 2. The van der Waals surface area contributed by atoms with E-state index in [2.05, 4.69) is 10.3 Å². The molecule has 0 spiro atoms. The maximum atomic E-state index is 12.6. The van der Waals surface area contributed by atoms with Gasteiger partial charge in [-0.05, 0) is 54.1 Å². The van der Waals surface area contributed by atoms with E-state index < -0.39 is 23.3 Å². The van der Waals surface area contributed by atoms with Gasteiger partial charge in [0.15, 0.2) is 0 Å². The molecular formula is C33H22ClN3O8. The number of nitrogens with zero attached hydrogens (tertiary/aromatic N) is 1. The molecule has 0 radical (unpaired) electrons. The maximum Gasteiger partial charge on any atom is 0.354 e. The number of fused-ring (bicyclic) bond motifs is 3. The number of benzene rings is 4. The van der Waals surface area contributed by atoms with Gasteiger partial charge >= 0.3 is 17.9 Å². The molecule has 0 amide bonds. The molecule has 2 heterocycles. The summed E-state index contributed by atoms with van der Waals surface area (Å²) >= 11 is 6.24. The number of carboxylic acid groups (broad SMARTS) is 2. The van der Waals surface area contributed by atoms with Crippen LogP contribution in [-0.2, 0) is 11.3 Å². The Labute approximate surface area is 258 Å². The first-order chi connectivity index (χ1) is 21.6. The fraction of sp³-hybridized carbons (Fsp3) is 0.0606. The van der Waals surface area contributed by atoms with Crippen molar-refractivity contribution >= 4 is 62.8 Å². The van der Waals surface area contributed by atoms with Crippen molar-refractivity contribution in [3.63, 3.8) is 0 Å². The summed E-state index contributed by atoms with van der Waals surface area (Å²) in [6.45, 7) is 0.0710. The second-order valence-corrected chi connectivity index (χ2v) is 10.5. The molecule has 3 aromatic carbocycles. The summed E-state index contributed by atoms with van der Waals surface area (Å²) in [7, 11) is 1.21. The van der Waals surface area contributed by atoms with Crippen LogP contribution in [-0.4, -0.2) is 40.2 Å². The van der Waals surface area contributed by atoms with Crippen molar-refractivity contribution in [1.29, 1.82) is 0 Å². The number of nitrogen functional groups attached to an aromatic ring is 1. The predicted octanol–water partition coefficient (Wildman–Crippen LogP) is 6.14. The molecule has 0 saturated carbocycles. The Balaban J connectivity index is 1.61. The molecule has 1 aliphatic carbocycles. The Morgan fingerprint density at radius 2 is 1.78 bits per heavy atom. The summed E-state index contributed by atoms with van der Waals surface area (Å²) in [5, 5.41) is 23.9. The van der Waals surface area contributed by atoms with Crippen molar-refractivity contribution in [2.24, 2.45) is 0 Å². The summed E-state index contributed by atoms with van der Waals surface area (Å²) in [5.74, 6) is -2.99. The summed E-state index contributed by atoms with van der Waals surface area (Å²) in [6.07, 6.45) is 0. The summed E-state index contributed by atoms with van der Waals surface area (Å²) in [4.78, 5) is 53.3. The lowest BCUT2D eigenvalue weighted by atomic mass is 9.88. The van der Waals surface area contributed by atoms with E-state index >= 15 is 0 Å². The average molecular weight is 624 g/mol. The van der Waals surface area contributed by atoms with Crippen molar-refractivity contribution in [3.05, 3.63) is 110 Å². The molecule has 0 fully saturated rings. The highest BCUT2D eigenvalue weighted by Crippen LogP contribution is 2.44. The second kappa shape index (κ2) is 11.3. The lowest BCUT2D eigenvalue weighted by Gasteiger charge is -2.20. The molecule has 45 heavy (non-hydrogen) atoms. The quantitative estimate of drug-likeness (QED) is 0.0909. The molecule has 0 bridgehead atoms. The average Bonchev–Trinajstić information content (AvgIpc) is 3.03. The first-order valence-electron chi connectivity index (χ1n) is 13.4. The van der Waals surface area contributed by atoms with Gasteiger partial charge in [-0.2, -0.15) is 0 Å². The molecule has 224 valence electrons. The molecule has 6 rings (SSSR count). The Morgan fingerprint density at radius 3 is 2.51 bits per heavy atom. The van der Waals surface area contributed by atoms with Crippen LogP contribution in [0.5, 0.6) is 0 Å². The largest absolute Gasteiger partial charge is 0.478 e. The Hall–Kier alpha value is -5.94. The number of rotatable bonds is 7. The van der Waals surface area contributed by atoms with Crippen LogP contribution in [0.15, 0.2) is 82.0 Å². The third kappa shape index (κ3) is 5.15. The molecule has 0 unspecified atom stereocenters. The number of methoxy groups -OCH3 is 1. The van der Waals surface area contributed by atoms with Gasteiger partial charge < -0.3 is 30.4 Å². The van der Waals surface area contributed by atoms with Crippen LogP contribution in [0.1, 0.15) is 36.8 Å². The number of carbonyl (C=O) groups excluding carboxylic acids is 1. The maximum absolute atomic E-state index is 12.6. The smallest absolute Gasteiger partial charge is 0.354 e. The molecule has 4 aromatic rings. The second-order valence-electron chi connectivity index (χ2n) is 10.1. The van der Waals surface area contributed by atoms with E-state index in [9.17, 15) is 29.4 Å². The summed E-state index contributed by atoms with van der Waals surface area (Å²) in [6, 6.07) is 18.3. The number of pyridine rings is 1. The predicted molar refractivity (Wildman–Crippen MR) is 168 cm³/mol. The minimum absolute atomic E-state index is 0.0710. The number of anilines is 2. The van der Waals surface area contributed by atoms with Crippen LogP contribution in [0, 0.1) is 0 Å². The zero-order chi connectivity index (χ0) is 32.0. The lowest BCUT2D eigenvalue weighted by Crippen LogP contribution is -2.09. The summed E-state index contributed by atoms with van der Waals surface area (Å²) in [5.41, 5.74) is 8.61. The number of esters is 1. The van der Waals surface area contributed by atoms with Gasteiger partial charge in [0.1, 0.15) is 17.0 Å². The number of ether oxygens (including phenoxy) is 1. The first-order valence-corrected chi connectivity index (χ1v) is 13.8. The van der Waals surface area contributed by atoms with Crippen LogP contribution in [0.3, 0.4) is 0 Å². The molecule has 11 nitrogen and oxygen atoms in total. The van der Waals surface area contributed by atoms with E-state index in [0.717, 1.165) is 0 Å². The fourth-order valence-electron chi connectivity index (χ4n) is 5.27. The van der Waals surface area contributed by atoms with Crippen molar-refractivity contribution in [2.75, 3.05) is 18.2 Å². The fourth-order valence-corrected chi connectivity index (χ4v) is 5.44. The Kier molecular flexibility index (Phi) is 7.31. The van der Waals surface area contributed by atoms with Crippen LogP contribution in [0.4, 0.5) is 11.4 Å². The minimum Gasteiger partial charge on any atom is -0.478 e. The molecule has 1 aromatic heterocycles. The van der Waals surface area contributed by atoms with Crippen LogP contribution < -0.4 is 16.5 Å². The number of para-hydroxylation sites is 1. The topological polar surface area (TPSA) is 182 Å². The molecule has 5 N–H and O–H groups in total. The van der Waals surface area contributed by atoms with Gasteiger partial charge in [-0.15, -0.1) is 0 Å². The standard InChI is InChI=1S/C33H22ClN3O8/c1-44-33(43)16-5-7-17(31(39)40)19(11-16)28-18-8-9-23(35)21(30(18)45-27-13-26(38)22(34)12-20(27)28)14-36-24-4-2-3-15-6-10-25(32(41)42)37-29(15)24/h2-13,36H,14,35H2,1H3,(H,39,40)(H,41,42). The van der Waals surface area contributed by atoms with Gasteiger partial charge in [-0.1, -0.05) is 29.8 Å². The highest BCUT2D eigenvalue weighted by atomic mass is 35.5. The molecule has 0 atom stereocenters. The SMILES string of the molecule is COC(=O)c1ccc(C(=O)O)c(-c2c3cc(Cl)c(=O)cc-3oc3c(CNc4cccc5ccc(C(=O)O)nc45)c(N)ccc23)c1. The third-order valence-electron chi connectivity index (χ3n) is 7.42. The molecule has 0 saturated heterocycles. The van der Waals surface area contributed by atoms with E-state index in [1.807, 2.05) is 0 Å². The number of carboxylic acids is 2. The summed E-state index contributed by atoms with van der Waals surface area (Å²) < 4.78 is 11.1. The van der Waals surface area contributed by atoms with Gasteiger partial charge in [-0.3, -0.25) is 4.79 Å². The van der Waals surface area contributed by atoms with Crippen molar-refractivity contribution < 1.29 is 33.8 Å². The van der Waals surface area contributed by atoms with Gasteiger partial charge in [0.25, 0.3) is 0 Å². The van der Waals surface area contributed by atoms with Crippen LogP contribution >= 0.6 is 11.6 Å². The molecule has 2 aliphatic rings. The zero-order valence-corrected chi connectivity index (χ0v) is 24.1. The van der Waals surface area contributed by atoms with Gasteiger partial charge in [0.2, 0.25) is 5.43 Å². The van der Waals surface area contributed by atoms with Crippen LogP contribution in [0.2, 0.25) is 5.02 Å². The number of hydrogen-bond donors (Lipinski definition) is 4. The van der Waals surface area contributed by atoms with E-state index in [-0.39, 0.29) is 45.3 Å². The molecular weight excluding hydrogens is 602 g/mol. The number of halogens is 1. The number of hydrogen-bond acceptors (Lipinski definition) is 9. The van der Waals surface area contributed by atoms with Gasteiger partial charge in [-0.25, -0.2) is 19.4 Å². The first kappa shape index (κ1) is 29.1. The van der Waals surface area contributed by atoms with Crippen LogP contribution in [0.25, 0.3) is 44.3 Å². The number of nitrogens with two attached hydrogens (primary N) is 1. The van der Waals surface area contributed by atoms with Crippen molar-refractivity contribution in [3.8, 4) is 22.5 Å². The Bertz CT molecular complexity index is 2240. The van der Waals surface area contributed by atoms with E-state index in [0.29, 0.717) is 44.4 Å². The normalized spacial score (nSPS) is 11.2. The lowest BCUT2D eigenvalue weighted by molar-refractivity contribution is 0.0598. The number of nitrogens with one attached hydrogen (secondary N) is 1. The monoisotopic (exact) mass is 623 g/mol. The number of carbonyl (C=O) groups is 3. The van der Waals surface area contributed by atoms with Crippen molar-refractivity contribution in [2.45, 2.75) is 6.54 Å². The van der Waals surface area contributed by atoms with Crippen molar-refractivity contribution in [1.82, 2.24) is 4.98 Å². The molecule has 12 heteroatoms. The Morgan fingerprint density at radius 1 is 0.978 bits per heavy atom. The number of aromatic nitrogens is 1. The minimum atomic E-state index is -1.25. The van der Waals surface area contributed by atoms with E-state index in [4.69, 9.17) is 26.5 Å². The van der Waals surface area contributed by atoms with E-state index in [1.165, 1.54) is 43.5 Å². The highest BCUT2D eigenvalue weighted by Gasteiger charge is 2.26. The molecule has 1 aliphatic heterocycles. The van der Waals surface area contributed by atoms with E-state index in [1.54, 1.807) is 36.4 Å². The highest BCUT2D eigenvalue weighted by molar-refractivity contribution is 6.31. The van der Waals surface area contributed by atoms with Gasteiger partial charge in [0, 0.05) is 45.8 Å². The van der Waals surface area contributed by atoms with Gasteiger partial charge in [0.05, 0.1) is 34.5 Å². The third-order valence-corrected chi connectivity index (χ3v) is 7.71.